The summed E-state index contributed by atoms with van der Waals surface area (Å²) in [4.78, 5) is 10.7. The fourth-order valence-corrected chi connectivity index (χ4v) is 2.68. The quantitative estimate of drug-likeness (QED) is 0.843. The topological polar surface area (TPSA) is 54.5 Å². The third-order valence-electron chi connectivity index (χ3n) is 3.22. The molecule has 18 heavy (non-hydrogen) atoms. The molecule has 0 spiro atoms. The van der Waals surface area contributed by atoms with Gasteiger partial charge in [0.1, 0.15) is 0 Å². The van der Waals surface area contributed by atoms with Crippen LogP contribution in [0.1, 0.15) is 12.0 Å². The lowest BCUT2D eigenvalue weighted by molar-refractivity contribution is 0.337. The molecule has 0 saturated heterocycles. The van der Waals surface area contributed by atoms with Crippen molar-refractivity contribution in [1.82, 2.24) is 9.88 Å². The second kappa shape index (κ2) is 6.64. The SMILES string of the molecule is CSCCC1CN=C(N)N1CCc1cccnc1. The van der Waals surface area contributed by atoms with Crippen LogP contribution in [0.2, 0.25) is 0 Å². The number of pyridine rings is 1. The van der Waals surface area contributed by atoms with Crippen LogP contribution in [0.15, 0.2) is 29.5 Å². The van der Waals surface area contributed by atoms with Crippen LogP contribution in [0, 0.1) is 0 Å². The van der Waals surface area contributed by atoms with Gasteiger partial charge in [-0.15, -0.1) is 0 Å². The van der Waals surface area contributed by atoms with Crippen LogP contribution in [-0.2, 0) is 6.42 Å². The van der Waals surface area contributed by atoms with Gasteiger partial charge in [0.25, 0.3) is 0 Å². The standard InChI is InChI=1S/C13H20N4S/c1-18-8-5-12-10-16-13(14)17(12)7-4-11-3-2-6-15-9-11/h2-3,6,9,12H,4-5,7-8,10H2,1H3,(H2,14,16). The number of thioether (sulfide) groups is 1. The highest BCUT2D eigenvalue weighted by Gasteiger charge is 2.24. The van der Waals surface area contributed by atoms with Crippen molar-refractivity contribution in [3.63, 3.8) is 0 Å². The summed E-state index contributed by atoms with van der Waals surface area (Å²) in [6, 6.07) is 4.56. The smallest absolute Gasteiger partial charge is 0.191 e. The van der Waals surface area contributed by atoms with Crippen molar-refractivity contribution in [2.45, 2.75) is 18.9 Å². The molecule has 0 saturated carbocycles. The Kier molecular flexibility index (Phi) is 4.87. The number of hydrogen-bond donors (Lipinski definition) is 1. The Morgan fingerprint density at radius 2 is 2.44 bits per heavy atom. The van der Waals surface area contributed by atoms with E-state index in [2.05, 4.69) is 27.2 Å². The molecule has 5 heteroatoms. The van der Waals surface area contributed by atoms with Crippen molar-refractivity contribution in [2.75, 3.05) is 25.1 Å². The van der Waals surface area contributed by atoms with E-state index in [1.54, 1.807) is 6.20 Å². The van der Waals surface area contributed by atoms with Crippen LogP contribution < -0.4 is 5.73 Å². The number of rotatable bonds is 6. The van der Waals surface area contributed by atoms with E-state index >= 15 is 0 Å². The molecular formula is C13H20N4S. The van der Waals surface area contributed by atoms with E-state index < -0.39 is 0 Å². The average molecular weight is 264 g/mol. The molecule has 98 valence electrons. The fourth-order valence-electron chi connectivity index (χ4n) is 2.17. The lowest BCUT2D eigenvalue weighted by atomic mass is 10.1. The summed E-state index contributed by atoms with van der Waals surface area (Å²) >= 11 is 1.88. The molecule has 0 aromatic carbocycles. The van der Waals surface area contributed by atoms with Crippen LogP contribution in [0.4, 0.5) is 0 Å². The molecule has 1 aromatic rings. The minimum Gasteiger partial charge on any atom is -0.370 e. The molecule has 0 bridgehead atoms. The third kappa shape index (κ3) is 3.38. The van der Waals surface area contributed by atoms with Crippen LogP contribution in [-0.4, -0.2) is 47.0 Å². The summed E-state index contributed by atoms with van der Waals surface area (Å²) in [5, 5.41) is 0. The van der Waals surface area contributed by atoms with E-state index in [9.17, 15) is 0 Å². The lowest BCUT2D eigenvalue weighted by Gasteiger charge is -2.26. The van der Waals surface area contributed by atoms with Crippen LogP contribution in [0.5, 0.6) is 0 Å². The Balaban J connectivity index is 1.87. The average Bonchev–Trinajstić information content (AvgIpc) is 2.76. The first-order valence-electron chi connectivity index (χ1n) is 6.25. The summed E-state index contributed by atoms with van der Waals surface area (Å²) < 4.78 is 0. The van der Waals surface area contributed by atoms with Gasteiger partial charge in [-0.3, -0.25) is 9.98 Å². The molecule has 2 N–H and O–H groups in total. The summed E-state index contributed by atoms with van der Waals surface area (Å²) in [6.07, 6.45) is 7.98. The molecule has 0 aliphatic carbocycles. The fraction of sp³-hybridized carbons (Fsp3) is 0.538. The van der Waals surface area contributed by atoms with Gasteiger partial charge in [-0.2, -0.15) is 11.8 Å². The van der Waals surface area contributed by atoms with E-state index in [1.807, 2.05) is 24.0 Å². The summed E-state index contributed by atoms with van der Waals surface area (Å²) in [5.74, 6) is 1.86. The van der Waals surface area contributed by atoms with Crippen molar-refractivity contribution >= 4 is 17.7 Å². The predicted octanol–water partition coefficient (Wildman–Crippen LogP) is 1.38. The second-order valence-corrected chi connectivity index (χ2v) is 5.42. The van der Waals surface area contributed by atoms with Crippen molar-refractivity contribution < 1.29 is 0 Å². The first-order chi connectivity index (χ1) is 8.81. The Morgan fingerprint density at radius 3 is 3.17 bits per heavy atom. The summed E-state index contributed by atoms with van der Waals surface area (Å²) in [7, 11) is 0. The molecular weight excluding hydrogens is 244 g/mol. The highest BCUT2D eigenvalue weighted by Crippen LogP contribution is 2.15. The van der Waals surface area contributed by atoms with E-state index in [1.165, 1.54) is 5.56 Å². The Hall–Kier alpha value is -1.23. The second-order valence-electron chi connectivity index (χ2n) is 4.44. The van der Waals surface area contributed by atoms with Crippen molar-refractivity contribution in [3.8, 4) is 0 Å². The third-order valence-corrected chi connectivity index (χ3v) is 3.86. The lowest BCUT2D eigenvalue weighted by Crippen LogP contribution is -2.42. The van der Waals surface area contributed by atoms with E-state index in [-0.39, 0.29) is 0 Å². The zero-order chi connectivity index (χ0) is 12.8. The molecule has 0 amide bonds. The Labute approximate surface area is 113 Å². The van der Waals surface area contributed by atoms with Crippen LogP contribution in [0.3, 0.4) is 0 Å². The largest absolute Gasteiger partial charge is 0.370 e. The van der Waals surface area contributed by atoms with Gasteiger partial charge >= 0.3 is 0 Å². The number of hydrogen-bond acceptors (Lipinski definition) is 5. The van der Waals surface area contributed by atoms with E-state index in [0.29, 0.717) is 12.0 Å². The first-order valence-corrected chi connectivity index (χ1v) is 7.65. The van der Waals surface area contributed by atoms with Gasteiger partial charge in [-0.1, -0.05) is 6.07 Å². The maximum absolute atomic E-state index is 5.96. The maximum Gasteiger partial charge on any atom is 0.191 e. The molecule has 4 nitrogen and oxygen atoms in total. The van der Waals surface area contributed by atoms with E-state index in [0.717, 1.165) is 31.7 Å². The minimum absolute atomic E-state index is 0.481. The highest BCUT2D eigenvalue weighted by molar-refractivity contribution is 7.98. The molecule has 0 radical (unpaired) electrons. The van der Waals surface area contributed by atoms with Crippen molar-refractivity contribution in [2.24, 2.45) is 10.7 Å². The zero-order valence-corrected chi connectivity index (χ0v) is 11.6. The highest BCUT2D eigenvalue weighted by atomic mass is 32.2. The van der Waals surface area contributed by atoms with Gasteiger partial charge in [0.15, 0.2) is 5.96 Å². The molecule has 1 unspecified atom stereocenters. The van der Waals surface area contributed by atoms with Gasteiger partial charge < -0.3 is 10.6 Å². The number of aromatic nitrogens is 1. The Morgan fingerprint density at radius 1 is 1.56 bits per heavy atom. The minimum atomic E-state index is 0.481. The Bertz CT molecular complexity index is 393. The summed E-state index contributed by atoms with van der Waals surface area (Å²) in [5.41, 5.74) is 7.21. The maximum atomic E-state index is 5.96. The molecule has 1 aromatic heterocycles. The van der Waals surface area contributed by atoms with Crippen LogP contribution in [0.25, 0.3) is 0 Å². The molecule has 1 atom stereocenters. The monoisotopic (exact) mass is 264 g/mol. The molecule has 0 fully saturated rings. The molecule has 1 aliphatic rings. The molecule has 2 rings (SSSR count). The zero-order valence-electron chi connectivity index (χ0n) is 10.7. The number of aliphatic imine (C=N–C) groups is 1. The number of nitrogens with two attached hydrogens (primary N) is 1. The van der Waals surface area contributed by atoms with Gasteiger partial charge in [0.05, 0.1) is 12.6 Å². The number of guanidine groups is 1. The molecule has 1 aliphatic heterocycles. The first kappa shape index (κ1) is 13.2. The normalized spacial score (nSPS) is 19.1. The van der Waals surface area contributed by atoms with Crippen LogP contribution >= 0.6 is 11.8 Å². The molecule has 2 heterocycles. The van der Waals surface area contributed by atoms with Gasteiger partial charge in [0.2, 0.25) is 0 Å². The van der Waals surface area contributed by atoms with E-state index in [4.69, 9.17) is 5.73 Å². The van der Waals surface area contributed by atoms with Gasteiger partial charge in [-0.05, 0) is 36.5 Å². The number of nitrogens with zero attached hydrogens (tertiary/aromatic N) is 3. The summed E-state index contributed by atoms with van der Waals surface area (Å²) in [6.45, 7) is 1.78. The van der Waals surface area contributed by atoms with Gasteiger partial charge in [-0.25, -0.2) is 0 Å². The van der Waals surface area contributed by atoms with Crippen molar-refractivity contribution in [1.29, 1.82) is 0 Å². The predicted molar refractivity (Wildman–Crippen MR) is 77.9 cm³/mol. The van der Waals surface area contributed by atoms with Gasteiger partial charge in [0, 0.05) is 18.9 Å². The van der Waals surface area contributed by atoms with Crippen molar-refractivity contribution in [3.05, 3.63) is 30.1 Å².